The van der Waals surface area contributed by atoms with Crippen molar-refractivity contribution in [2.24, 2.45) is 5.73 Å². The Hall–Kier alpha value is -1.78. The summed E-state index contributed by atoms with van der Waals surface area (Å²) in [5, 5.41) is 0.459. The van der Waals surface area contributed by atoms with Gasteiger partial charge in [0.15, 0.2) is 11.5 Å². The summed E-state index contributed by atoms with van der Waals surface area (Å²) < 4.78 is 11.2. The number of aryl methyl sites for hydroxylation is 1. The number of methoxy groups -OCH3 is 1. The maximum atomic E-state index is 6.11. The van der Waals surface area contributed by atoms with E-state index in [0.29, 0.717) is 27.8 Å². The van der Waals surface area contributed by atoms with Crippen LogP contribution in [0, 0.1) is 6.92 Å². The van der Waals surface area contributed by atoms with Crippen LogP contribution in [0.1, 0.15) is 11.1 Å². The van der Waals surface area contributed by atoms with Crippen LogP contribution in [-0.4, -0.2) is 12.1 Å². The van der Waals surface area contributed by atoms with Gasteiger partial charge in [0.1, 0.15) is 10.7 Å². The maximum Gasteiger partial charge on any atom is 0.169 e. The summed E-state index contributed by atoms with van der Waals surface area (Å²) in [6.45, 7) is 1.98. The average molecular weight is 308 g/mol. The summed E-state index contributed by atoms with van der Waals surface area (Å²) in [4.78, 5) is 0.191. The molecule has 0 spiro atoms. The van der Waals surface area contributed by atoms with E-state index in [9.17, 15) is 0 Å². The maximum absolute atomic E-state index is 6.11. The highest BCUT2D eigenvalue weighted by atomic mass is 35.5. The molecule has 0 amide bonds. The van der Waals surface area contributed by atoms with E-state index >= 15 is 0 Å². The Morgan fingerprint density at radius 3 is 2.55 bits per heavy atom. The molecule has 0 aliphatic rings. The van der Waals surface area contributed by atoms with Crippen molar-refractivity contribution in [1.82, 2.24) is 0 Å². The predicted octanol–water partition coefficient (Wildman–Crippen LogP) is 4.08. The van der Waals surface area contributed by atoms with Crippen LogP contribution in [0.25, 0.3) is 0 Å². The van der Waals surface area contributed by atoms with E-state index in [4.69, 9.17) is 39.0 Å². The highest BCUT2D eigenvalue weighted by Gasteiger charge is 2.13. The Bertz CT molecular complexity index is 658. The summed E-state index contributed by atoms with van der Waals surface area (Å²) in [5.74, 6) is 1.73. The molecule has 0 saturated heterocycles. The Morgan fingerprint density at radius 2 is 1.90 bits per heavy atom. The van der Waals surface area contributed by atoms with Crippen LogP contribution in [0.3, 0.4) is 0 Å². The molecule has 0 fully saturated rings. The van der Waals surface area contributed by atoms with Crippen molar-refractivity contribution in [2.45, 2.75) is 6.92 Å². The van der Waals surface area contributed by atoms with E-state index in [1.807, 2.05) is 25.1 Å². The molecule has 0 aromatic heterocycles. The smallest absolute Gasteiger partial charge is 0.169 e. The minimum absolute atomic E-state index is 0.191. The van der Waals surface area contributed by atoms with E-state index in [0.717, 1.165) is 5.56 Å². The second-order valence-corrected chi connectivity index (χ2v) is 5.08. The normalized spacial score (nSPS) is 10.2. The molecule has 0 radical (unpaired) electrons. The van der Waals surface area contributed by atoms with Crippen molar-refractivity contribution >= 4 is 28.8 Å². The molecule has 2 aromatic carbocycles. The van der Waals surface area contributed by atoms with Gasteiger partial charge in [-0.25, -0.2) is 0 Å². The van der Waals surface area contributed by atoms with Gasteiger partial charge < -0.3 is 15.2 Å². The van der Waals surface area contributed by atoms with Crippen molar-refractivity contribution in [3.05, 3.63) is 52.5 Å². The zero-order valence-corrected chi connectivity index (χ0v) is 12.7. The first kappa shape index (κ1) is 14.6. The SMILES string of the molecule is COc1cc(C)ccc1Oc1cccc(Cl)c1C(N)=S. The number of nitrogens with two attached hydrogens (primary N) is 1. The monoisotopic (exact) mass is 307 g/mol. The zero-order valence-electron chi connectivity index (χ0n) is 11.1. The molecule has 0 bridgehead atoms. The minimum atomic E-state index is 0.191. The highest BCUT2D eigenvalue weighted by Crippen LogP contribution is 2.35. The van der Waals surface area contributed by atoms with Crippen LogP contribution < -0.4 is 15.2 Å². The molecule has 104 valence electrons. The van der Waals surface area contributed by atoms with Gasteiger partial charge in [0, 0.05) is 0 Å². The average Bonchev–Trinajstić information content (AvgIpc) is 2.40. The van der Waals surface area contributed by atoms with Crippen molar-refractivity contribution in [3.8, 4) is 17.2 Å². The van der Waals surface area contributed by atoms with E-state index in [2.05, 4.69) is 0 Å². The number of benzene rings is 2. The third-order valence-electron chi connectivity index (χ3n) is 2.76. The lowest BCUT2D eigenvalue weighted by Gasteiger charge is -2.14. The molecule has 0 aliphatic heterocycles. The largest absolute Gasteiger partial charge is 0.493 e. The van der Waals surface area contributed by atoms with E-state index in [-0.39, 0.29) is 4.99 Å². The molecular weight excluding hydrogens is 294 g/mol. The molecular formula is C15H14ClNO2S. The molecule has 2 aromatic rings. The molecule has 0 aliphatic carbocycles. The fourth-order valence-corrected chi connectivity index (χ4v) is 2.34. The summed E-state index contributed by atoms with van der Waals surface area (Å²) in [5.41, 5.74) is 7.30. The first-order valence-corrected chi connectivity index (χ1v) is 6.72. The van der Waals surface area contributed by atoms with Crippen molar-refractivity contribution in [1.29, 1.82) is 0 Å². The lowest BCUT2D eigenvalue weighted by Crippen LogP contribution is -2.11. The molecule has 2 rings (SSSR count). The summed E-state index contributed by atoms with van der Waals surface area (Å²) in [6, 6.07) is 10.9. The molecule has 20 heavy (non-hydrogen) atoms. The number of hydrogen-bond acceptors (Lipinski definition) is 3. The van der Waals surface area contributed by atoms with Gasteiger partial charge >= 0.3 is 0 Å². The topological polar surface area (TPSA) is 44.5 Å². The van der Waals surface area contributed by atoms with Crippen LogP contribution in [0.15, 0.2) is 36.4 Å². The van der Waals surface area contributed by atoms with Crippen LogP contribution in [0.5, 0.6) is 17.2 Å². The number of hydrogen-bond donors (Lipinski definition) is 1. The molecule has 5 heteroatoms. The van der Waals surface area contributed by atoms with E-state index in [1.165, 1.54) is 0 Å². The van der Waals surface area contributed by atoms with Gasteiger partial charge in [0.2, 0.25) is 0 Å². The fourth-order valence-electron chi connectivity index (χ4n) is 1.81. The van der Waals surface area contributed by atoms with Gasteiger partial charge in [-0.2, -0.15) is 0 Å². The fraction of sp³-hybridized carbons (Fsp3) is 0.133. The molecule has 0 unspecified atom stereocenters. The Balaban J connectivity index is 2.45. The van der Waals surface area contributed by atoms with Crippen molar-refractivity contribution in [3.63, 3.8) is 0 Å². The van der Waals surface area contributed by atoms with Gasteiger partial charge in [0.25, 0.3) is 0 Å². The summed E-state index contributed by atoms with van der Waals surface area (Å²) >= 11 is 11.1. The van der Waals surface area contributed by atoms with Gasteiger partial charge in [-0.15, -0.1) is 0 Å². The first-order chi connectivity index (χ1) is 9.52. The van der Waals surface area contributed by atoms with Crippen molar-refractivity contribution in [2.75, 3.05) is 7.11 Å². The molecule has 0 heterocycles. The van der Waals surface area contributed by atoms with Gasteiger partial charge in [-0.1, -0.05) is 36.0 Å². The molecule has 0 saturated carbocycles. The predicted molar refractivity (Wildman–Crippen MR) is 85.1 cm³/mol. The summed E-state index contributed by atoms with van der Waals surface area (Å²) in [6.07, 6.45) is 0. The second-order valence-electron chi connectivity index (χ2n) is 4.23. The number of halogens is 1. The zero-order chi connectivity index (χ0) is 14.7. The molecule has 0 atom stereocenters. The second kappa shape index (κ2) is 6.11. The quantitative estimate of drug-likeness (QED) is 0.864. The van der Waals surface area contributed by atoms with Crippen LogP contribution in [-0.2, 0) is 0 Å². The third-order valence-corrected chi connectivity index (χ3v) is 3.28. The van der Waals surface area contributed by atoms with Gasteiger partial charge in [-0.3, -0.25) is 0 Å². The Morgan fingerprint density at radius 1 is 1.15 bits per heavy atom. The number of rotatable bonds is 4. The van der Waals surface area contributed by atoms with Crippen LogP contribution >= 0.6 is 23.8 Å². The third kappa shape index (κ3) is 3.03. The highest BCUT2D eigenvalue weighted by molar-refractivity contribution is 7.80. The van der Waals surface area contributed by atoms with Gasteiger partial charge in [-0.05, 0) is 36.8 Å². The van der Waals surface area contributed by atoms with Crippen LogP contribution in [0.2, 0.25) is 5.02 Å². The van der Waals surface area contributed by atoms with Gasteiger partial charge in [0.05, 0.1) is 17.7 Å². The summed E-state index contributed by atoms with van der Waals surface area (Å²) in [7, 11) is 1.59. The molecule has 2 N–H and O–H groups in total. The van der Waals surface area contributed by atoms with E-state index < -0.39 is 0 Å². The Labute approximate surface area is 128 Å². The number of thiocarbonyl (C=S) groups is 1. The van der Waals surface area contributed by atoms with Crippen LogP contribution in [0.4, 0.5) is 0 Å². The standard InChI is InChI=1S/C15H14ClNO2S/c1-9-6-7-11(13(8-9)18-2)19-12-5-3-4-10(16)14(12)15(17)20/h3-8H,1-2H3,(H2,17,20). The number of ether oxygens (including phenoxy) is 2. The first-order valence-electron chi connectivity index (χ1n) is 5.93. The molecule has 3 nitrogen and oxygen atoms in total. The lowest BCUT2D eigenvalue weighted by molar-refractivity contribution is 0.378. The van der Waals surface area contributed by atoms with Crippen molar-refractivity contribution < 1.29 is 9.47 Å². The lowest BCUT2D eigenvalue weighted by atomic mass is 10.2. The Kier molecular flexibility index (Phi) is 4.47. The minimum Gasteiger partial charge on any atom is -0.493 e. The van der Waals surface area contributed by atoms with E-state index in [1.54, 1.807) is 25.3 Å².